The first kappa shape index (κ1) is 21.7. The SMILES string of the molecule is O=S(=O)(O)NC[C@H]1O[C@@H](n2cnc3c(NCc4ccc5c(c4)OCO5)ncnc32)[C@H](O)[C@@H]1O. The average Bonchev–Trinajstić information content (AvgIpc) is 3.49. The summed E-state index contributed by atoms with van der Waals surface area (Å²) >= 11 is 0. The Balaban J connectivity index is 1.34. The van der Waals surface area contributed by atoms with Crippen LogP contribution in [0, 0.1) is 0 Å². The fourth-order valence-corrected chi connectivity index (χ4v) is 4.09. The van der Waals surface area contributed by atoms with Crippen molar-refractivity contribution in [1.29, 1.82) is 0 Å². The molecule has 2 aromatic heterocycles. The quantitative estimate of drug-likeness (QED) is 0.264. The number of hydrogen-bond donors (Lipinski definition) is 5. The first-order chi connectivity index (χ1) is 15.8. The van der Waals surface area contributed by atoms with Gasteiger partial charge < -0.3 is 29.7 Å². The topological polar surface area (TPSA) is 190 Å². The predicted octanol–water partition coefficient (Wildman–Crippen LogP) is -0.821. The second kappa shape index (κ2) is 8.36. The maximum absolute atomic E-state index is 10.9. The lowest BCUT2D eigenvalue weighted by atomic mass is 10.1. The summed E-state index contributed by atoms with van der Waals surface area (Å²) in [4.78, 5) is 12.7. The number of imidazole rings is 1. The zero-order chi connectivity index (χ0) is 23.2. The van der Waals surface area contributed by atoms with E-state index in [0.717, 1.165) is 5.56 Å². The monoisotopic (exact) mass is 480 g/mol. The highest BCUT2D eigenvalue weighted by Gasteiger charge is 2.44. The van der Waals surface area contributed by atoms with Gasteiger partial charge in [-0.1, -0.05) is 6.07 Å². The van der Waals surface area contributed by atoms with Crippen molar-refractivity contribution in [2.45, 2.75) is 31.1 Å². The van der Waals surface area contributed by atoms with Crippen molar-refractivity contribution in [2.24, 2.45) is 0 Å². The summed E-state index contributed by atoms with van der Waals surface area (Å²) in [6.45, 7) is 0.171. The van der Waals surface area contributed by atoms with Crippen LogP contribution in [0.1, 0.15) is 11.8 Å². The van der Waals surface area contributed by atoms with E-state index >= 15 is 0 Å². The van der Waals surface area contributed by atoms with Gasteiger partial charge in [0.1, 0.15) is 24.6 Å². The van der Waals surface area contributed by atoms with Crippen molar-refractivity contribution in [3.63, 3.8) is 0 Å². The summed E-state index contributed by atoms with van der Waals surface area (Å²) in [5.41, 5.74) is 1.66. The molecule has 1 fully saturated rings. The molecule has 5 rings (SSSR count). The molecule has 0 bridgehead atoms. The number of ether oxygens (including phenoxy) is 3. The Hall–Kier alpha value is -3.08. The van der Waals surface area contributed by atoms with E-state index in [2.05, 4.69) is 20.3 Å². The largest absolute Gasteiger partial charge is 0.454 e. The lowest BCUT2D eigenvalue weighted by Gasteiger charge is -2.16. The van der Waals surface area contributed by atoms with Gasteiger partial charge in [0.2, 0.25) is 6.79 Å². The van der Waals surface area contributed by atoms with Crippen molar-refractivity contribution in [3.05, 3.63) is 36.4 Å². The molecule has 0 saturated carbocycles. The van der Waals surface area contributed by atoms with Crippen LogP contribution < -0.4 is 19.5 Å². The molecule has 0 aliphatic carbocycles. The van der Waals surface area contributed by atoms with E-state index in [4.69, 9.17) is 18.8 Å². The molecule has 14 nitrogen and oxygen atoms in total. The third kappa shape index (κ3) is 4.29. The maximum Gasteiger partial charge on any atom is 0.333 e. The van der Waals surface area contributed by atoms with E-state index in [1.54, 1.807) is 0 Å². The van der Waals surface area contributed by atoms with Gasteiger partial charge in [-0.3, -0.25) is 9.12 Å². The minimum Gasteiger partial charge on any atom is -0.454 e. The molecular formula is C18H20N6O8S. The molecule has 15 heteroatoms. The zero-order valence-corrected chi connectivity index (χ0v) is 17.7. The molecule has 0 spiro atoms. The predicted molar refractivity (Wildman–Crippen MR) is 111 cm³/mol. The van der Waals surface area contributed by atoms with Crippen LogP contribution in [0.5, 0.6) is 11.5 Å². The van der Waals surface area contributed by atoms with Crippen molar-refractivity contribution in [3.8, 4) is 11.5 Å². The van der Waals surface area contributed by atoms with Gasteiger partial charge in [0, 0.05) is 13.1 Å². The molecule has 0 unspecified atom stereocenters. The van der Waals surface area contributed by atoms with Gasteiger partial charge in [0.15, 0.2) is 34.7 Å². The van der Waals surface area contributed by atoms with Crippen LogP contribution in [0.2, 0.25) is 0 Å². The standard InChI is InChI=1S/C18H20N6O8S/c25-14-12(5-23-33(27,28)29)32-18(15(14)26)24-7-22-13-16(20-6-21-17(13)24)19-4-9-1-2-10-11(3-9)31-8-30-10/h1-3,6-7,12,14-15,18,23,25-26H,4-5,8H2,(H,19,20,21)(H,27,28,29)/t12-,14-,15-,18-/m1/s1. The van der Waals surface area contributed by atoms with E-state index in [9.17, 15) is 18.6 Å². The normalized spacial score (nSPS) is 24.5. The molecule has 176 valence electrons. The molecule has 0 amide bonds. The van der Waals surface area contributed by atoms with Crippen molar-refractivity contribution in [2.75, 3.05) is 18.7 Å². The minimum atomic E-state index is -4.48. The molecule has 5 N–H and O–H groups in total. The third-order valence-electron chi connectivity index (χ3n) is 5.33. The second-order valence-corrected chi connectivity index (χ2v) is 8.70. The summed E-state index contributed by atoms with van der Waals surface area (Å²) in [6, 6.07) is 5.57. The molecule has 2 aliphatic heterocycles. The number of fused-ring (bicyclic) bond motifs is 2. The number of nitrogens with zero attached hydrogens (tertiary/aromatic N) is 4. The van der Waals surface area contributed by atoms with Gasteiger partial charge in [-0.15, -0.1) is 0 Å². The fourth-order valence-electron chi connectivity index (χ4n) is 3.72. The summed E-state index contributed by atoms with van der Waals surface area (Å²) in [6.07, 6.45) is -2.30. The van der Waals surface area contributed by atoms with E-state index in [1.807, 2.05) is 22.9 Å². The fraction of sp³-hybridized carbons (Fsp3) is 0.389. The van der Waals surface area contributed by atoms with Crippen LogP contribution in [0.3, 0.4) is 0 Å². The highest BCUT2D eigenvalue weighted by molar-refractivity contribution is 7.83. The van der Waals surface area contributed by atoms with Gasteiger partial charge in [0.25, 0.3) is 0 Å². The Kier molecular flexibility index (Phi) is 5.51. The number of benzene rings is 1. The molecule has 1 aromatic carbocycles. The minimum absolute atomic E-state index is 0.187. The van der Waals surface area contributed by atoms with Gasteiger partial charge >= 0.3 is 10.3 Å². The number of anilines is 1. The van der Waals surface area contributed by atoms with Crippen LogP contribution in [0.15, 0.2) is 30.9 Å². The molecule has 0 radical (unpaired) electrons. The molecule has 4 heterocycles. The Morgan fingerprint density at radius 3 is 2.76 bits per heavy atom. The molecule has 33 heavy (non-hydrogen) atoms. The average molecular weight is 480 g/mol. The van der Waals surface area contributed by atoms with E-state index in [0.29, 0.717) is 35.0 Å². The Morgan fingerprint density at radius 1 is 1.12 bits per heavy atom. The third-order valence-corrected chi connectivity index (χ3v) is 5.87. The van der Waals surface area contributed by atoms with Crippen LogP contribution in [0.25, 0.3) is 11.2 Å². The smallest absolute Gasteiger partial charge is 0.333 e. The molecule has 3 aromatic rings. The summed E-state index contributed by atoms with van der Waals surface area (Å²) in [7, 11) is -4.48. The molecule has 2 aliphatic rings. The number of nitrogens with one attached hydrogen (secondary N) is 2. The van der Waals surface area contributed by atoms with E-state index in [1.165, 1.54) is 17.2 Å². The molecule has 1 saturated heterocycles. The summed E-state index contributed by atoms with van der Waals surface area (Å²) < 4.78 is 50.2. The van der Waals surface area contributed by atoms with Crippen LogP contribution >= 0.6 is 0 Å². The van der Waals surface area contributed by atoms with Gasteiger partial charge in [-0.05, 0) is 17.7 Å². The first-order valence-electron chi connectivity index (χ1n) is 9.84. The summed E-state index contributed by atoms with van der Waals surface area (Å²) in [5.74, 6) is 1.79. The number of aliphatic hydroxyl groups excluding tert-OH is 2. The summed E-state index contributed by atoms with van der Waals surface area (Å²) in [5, 5.41) is 23.9. The van der Waals surface area contributed by atoms with E-state index < -0.39 is 41.4 Å². The van der Waals surface area contributed by atoms with E-state index in [-0.39, 0.29) is 6.79 Å². The maximum atomic E-state index is 10.9. The number of rotatable bonds is 7. The second-order valence-electron chi connectivity index (χ2n) is 7.46. The number of aliphatic hydroxyl groups is 2. The van der Waals surface area contributed by atoms with Gasteiger partial charge in [-0.25, -0.2) is 15.0 Å². The Morgan fingerprint density at radius 2 is 1.94 bits per heavy atom. The molecular weight excluding hydrogens is 460 g/mol. The first-order valence-corrected chi connectivity index (χ1v) is 11.3. The number of hydrogen-bond acceptors (Lipinski definition) is 11. The highest BCUT2D eigenvalue weighted by Crippen LogP contribution is 2.34. The Bertz CT molecular complexity index is 1280. The van der Waals surface area contributed by atoms with Crippen molar-refractivity contribution >= 4 is 27.3 Å². The van der Waals surface area contributed by atoms with Crippen LogP contribution in [-0.2, 0) is 21.6 Å². The van der Waals surface area contributed by atoms with Gasteiger partial charge in [-0.2, -0.15) is 13.1 Å². The highest BCUT2D eigenvalue weighted by atomic mass is 32.2. The Labute approximate surface area is 187 Å². The lowest BCUT2D eigenvalue weighted by molar-refractivity contribution is -0.0331. The van der Waals surface area contributed by atoms with Gasteiger partial charge in [0.05, 0.1) is 6.33 Å². The zero-order valence-electron chi connectivity index (χ0n) is 16.9. The van der Waals surface area contributed by atoms with Crippen LogP contribution in [-0.4, -0.2) is 74.4 Å². The van der Waals surface area contributed by atoms with Crippen LogP contribution in [0.4, 0.5) is 5.82 Å². The molecule has 4 atom stereocenters. The lowest BCUT2D eigenvalue weighted by Crippen LogP contribution is -2.39. The number of aromatic nitrogens is 4. The van der Waals surface area contributed by atoms with Crippen molar-refractivity contribution < 1.29 is 37.4 Å². The van der Waals surface area contributed by atoms with Crippen molar-refractivity contribution in [1.82, 2.24) is 24.2 Å².